The molecular weight excluding hydrogens is 507 g/mol. The molecule has 4 rings (SSSR count). The monoisotopic (exact) mass is 532 g/mol. The Hall–Kier alpha value is -3.01. The molecule has 0 fully saturated rings. The molecule has 172 valence electrons. The van der Waals surface area contributed by atoms with Crippen molar-refractivity contribution >= 4 is 59.4 Å². The zero-order chi connectivity index (χ0) is 24.1. The lowest BCUT2D eigenvalue weighted by atomic mass is 9.87. The number of hydrogen-bond donors (Lipinski definition) is 0. The van der Waals surface area contributed by atoms with Gasteiger partial charge in [0.25, 0.3) is 0 Å². The molecule has 0 aliphatic carbocycles. The third-order valence-corrected chi connectivity index (χ3v) is 6.57. The number of benzene rings is 3. The minimum absolute atomic E-state index is 0.335. The van der Waals surface area contributed by atoms with E-state index in [9.17, 15) is 4.79 Å². The molecule has 0 N–H and O–H groups in total. The molecule has 1 unspecified atom stereocenters. The Morgan fingerprint density at radius 1 is 1.00 bits per heavy atom. The lowest BCUT2D eigenvalue weighted by molar-refractivity contribution is -0.137. The Balaban J connectivity index is 1.83. The van der Waals surface area contributed by atoms with E-state index < -0.39 is 0 Å². The van der Waals surface area contributed by atoms with Crippen LogP contribution in [0.1, 0.15) is 42.5 Å². The van der Waals surface area contributed by atoms with E-state index in [1.165, 1.54) is 22.8 Å². The number of rotatable bonds is 7. The summed E-state index contributed by atoms with van der Waals surface area (Å²) in [5.41, 5.74) is 7.90. The van der Waals surface area contributed by atoms with Crippen molar-refractivity contribution in [1.82, 2.24) is 9.55 Å². The smallest absolute Gasteiger partial charge is 0.330 e. The number of carbonyl (C=O) groups is 1. The van der Waals surface area contributed by atoms with Crippen molar-refractivity contribution in [2.24, 2.45) is 0 Å². The van der Waals surface area contributed by atoms with Gasteiger partial charge < -0.3 is 4.74 Å². The largest absolute Gasteiger partial charge is 0.463 e. The van der Waals surface area contributed by atoms with Gasteiger partial charge in [0.2, 0.25) is 0 Å². The van der Waals surface area contributed by atoms with Gasteiger partial charge in [0.1, 0.15) is 0 Å². The van der Waals surface area contributed by atoms with E-state index >= 15 is 0 Å². The fourth-order valence-electron chi connectivity index (χ4n) is 4.02. The molecule has 4 nitrogen and oxygen atoms in total. The number of ether oxygens (including phenoxy) is 1. The zero-order valence-corrected chi connectivity index (χ0v) is 21.9. The molecular formula is C28H26BrN2O2P. The molecule has 34 heavy (non-hydrogen) atoms. The molecule has 6 heteroatoms. The molecule has 4 aromatic rings. The maximum Gasteiger partial charge on any atom is 0.330 e. The fraction of sp³-hybridized carbons (Fsp3) is 0.143. The second kappa shape index (κ2) is 10.9. The van der Waals surface area contributed by atoms with Crippen molar-refractivity contribution in [2.75, 3.05) is 6.61 Å². The lowest BCUT2D eigenvalue weighted by Gasteiger charge is -2.17. The van der Waals surface area contributed by atoms with Crippen LogP contribution >= 0.6 is 25.3 Å². The molecule has 1 heterocycles. The van der Waals surface area contributed by atoms with Gasteiger partial charge in [-0.15, -0.1) is 0 Å². The number of carbonyl (C=O) groups excluding carboxylic acids is 1. The van der Waals surface area contributed by atoms with Crippen LogP contribution in [0.4, 0.5) is 0 Å². The average molecular weight is 533 g/mol. The van der Waals surface area contributed by atoms with Gasteiger partial charge in [-0.2, -0.15) is 5.10 Å². The third-order valence-electron chi connectivity index (χ3n) is 5.63. The number of esters is 1. The predicted molar refractivity (Wildman–Crippen MR) is 147 cm³/mol. The fourth-order valence-corrected chi connectivity index (χ4v) is 4.58. The van der Waals surface area contributed by atoms with Crippen molar-refractivity contribution in [3.05, 3.63) is 106 Å². The first-order valence-corrected chi connectivity index (χ1v) is 12.5. The van der Waals surface area contributed by atoms with Gasteiger partial charge in [0.05, 0.1) is 18.3 Å². The van der Waals surface area contributed by atoms with Crippen molar-refractivity contribution < 1.29 is 9.53 Å². The molecule has 0 radical (unpaired) electrons. The van der Waals surface area contributed by atoms with Crippen LogP contribution in [-0.2, 0) is 9.53 Å². The number of hydrogen-bond acceptors (Lipinski definition) is 3. The Morgan fingerprint density at radius 3 is 2.35 bits per heavy atom. The Kier molecular flexibility index (Phi) is 7.77. The van der Waals surface area contributed by atoms with Crippen LogP contribution < -0.4 is 0 Å². The summed E-state index contributed by atoms with van der Waals surface area (Å²) in [6.07, 6.45) is 6.00. The minimum atomic E-state index is -0.335. The second-order valence-electron chi connectivity index (χ2n) is 7.78. The average Bonchev–Trinajstić information content (AvgIpc) is 3.22. The number of aromatic nitrogens is 2. The van der Waals surface area contributed by atoms with Crippen LogP contribution in [-0.4, -0.2) is 22.1 Å². The highest BCUT2D eigenvalue weighted by atomic mass is 79.9. The summed E-state index contributed by atoms with van der Waals surface area (Å²) < 4.78 is 7.84. The Morgan fingerprint density at radius 2 is 1.68 bits per heavy atom. The first kappa shape index (κ1) is 24.1. The summed E-state index contributed by atoms with van der Waals surface area (Å²) in [6, 6.07) is 23.2. The van der Waals surface area contributed by atoms with E-state index in [1.807, 2.05) is 22.8 Å². The number of fused-ring (bicyclic) bond motifs is 1. The molecule has 0 aliphatic heterocycles. The van der Waals surface area contributed by atoms with E-state index in [-0.39, 0.29) is 5.97 Å². The first-order valence-electron chi connectivity index (χ1n) is 11.2. The van der Waals surface area contributed by atoms with Crippen LogP contribution in [0.3, 0.4) is 0 Å². The van der Waals surface area contributed by atoms with Crippen LogP contribution in [0.5, 0.6) is 0 Å². The van der Waals surface area contributed by atoms with Crippen molar-refractivity contribution in [2.45, 2.75) is 20.3 Å². The van der Waals surface area contributed by atoms with Gasteiger partial charge in [-0.1, -0.05) is 65.3 Å². The van der Waals surface area contributed by atoms with E-state index in [2.05, 4.69) is 91.9 Å². The second-order valence-corrected chi connectivity index (χ2v) is 9.19. The number of halogens is 1. The molecule has 1 aromatic heterocycles. The Labute approximate surface area is 210 Å². The molecule has 0 amide bonds. The molecule has 0 bridgehead atoms. The van der Waals surface area contributed by atoms with Gasteiger partial charge in [-0.3, -0.25) is 4.45 Å². The summed E-state index contributed by atoms with van der Waals surface area (Å²) in [5, 5.41) is 5.46. The number of allylic oxidation sites excluding steroid dienone is 1. The quantitative estimate of drug-likeness (QED) is 0.108. The summed E-state index contributed by atoms with van der Waals surface area (Å²) in [4.78, 5) is 11.7. The highest BCUT2D eigenvalue weighted by Crippen LogP contribution is 2.36. The van der Waals surface area contributed by atoms with E-state index in [0.717, 1.165) is 38.5 Å². The maximum absolute atomic E-state index is 11.7. The van der Waals surface area contributed by atoms with E-state index in [0.29, 0.717) is 6.61 Å². The lowest BCUT2D eigenvalue weighted by Crippen LogP contribution is -1.98. The van der Waals surface area contributed by atoms with Crippen molar-refractivity contribution in [3.63, 3.8) is 0 Å². The van der Waals surface area contributed by atoms with E-state index in [4.69, 9.17) is 4.74 Å². The van der Waals surface area contributed by atoms with Crippen LogP contribution in [0, 0.1) is 0 Å². The van der Waals surface area contributed by atoms with Gasteiger partial charge in [-0.05, 0) is 86.5 Å². The highest BCUT2D eigenvalue weighted by Gasteiger charge is 2.14. The topological polar surface area (TPSA) is 44.1 Å². The van der Waals surface area contributed by atoms with Gasteiger partial charge in [-0.25, -0.2) is 4.79 Å². The predicted octanol–water partition coefficient (Wildman–Crippen LogP) is 7.38. The van der Waals surface area contributed by atoms with Crippen LogP contribution in [0.15, 0.2) is 83.5 Å². The third kappa shape index (κ3) is 5.38. The summed E-state index contributed by atoms with van der Waals surface area (Å²) in [6.45, 7) is 4.35. The normalized spacial score (nSPS) is 12.2. The number of nitrogens with zero attached hydrogens (tertiary/aromatic N) is 2. The first-order chi connectivity index (χ1) is 16.5. The molecule has 1 atom stereocenters. The molecule has 0 saturated carbocycles. The molecule has 3 aromatic carbocycles. The summed E-state index contributed by atoms with van der Waals surface area (Å²) >= 11 is 3.55. The van der Waals surface area contributed by atoms with Crippen molar-refractivity contribution in [1.29, 1.82) is 0 Å². The zero-order valence-electron chi connectivity index (χ0n) is 19.2. The summed E-state index contributed by atoms with van der Waals surface area (Å²) in [5.74, 6) is -0.335. The maximum atomic E-state index is 11.7. The minimum Gasteiger partial charge on any atom is -0.463 e. The van der Waals surface area contributed by atoms with Crippen LogP contribution in [0.25, 0.3) is 28.1 Å². The van der Waals surface area contributed by atoms with Gasteiger partial charge in [0.15, 0.2) is 0 Å². The SMILES string of the molecule is CCOC(=O)/C=C/c1ccc(/C(=C(/CC)c2ccc(Br)cc2)c2ccc3c(cnn3P)c2)cc1. The van der Waals surface area contributed by atoms with Gasteiger partial charge in [0, 0.05) is 15.9 Å². The molecule has 0 aliphatic rings. The molecule has 0 spiro atoms. The Bertz CT molecular complexity index is 1370. The molecule has 0 saturated heterocycles. The standard InChI is InChI=1S/C28H26BrN2O2P/c1-3-25(20-10-13-24(29)14-11-20)28(22-12-15-26-23(17-22)18-30-31(26)34)21-8-5-19(6-9-21)7-16-27(32)33-4-2/h5-18H,3-4,34H2,1-2H3/b16-7+,28-25+. The highest BCUT2D eigenvalue weighted by molar-refractivity contribution is 9.10. The van der Waals surface area contributed by atoms with Gasteiger partial charge >= 0.3 is 5.97 Å². The van der Waals surface area contributed by atoms with Crippen molar-refractivity contribution in [3.8, 4) is 0 Å². The summed E-state index contributed by atoms with van der Waals surface area (Å²) in [7, 11) is 2.62. The van der Waals surface area contributed by atoms with E-state index in [1.54, 1.807) is 13.0 Å². The van der Waals surface area contributed by atoms with Crippen LogP contribution in [0.2, 0.25) is 0 Å².